The van der Waals surface area contributed by atoms with Crippen LogP contribution in [0.25, 0.3) is 0 Å². The smallest absolute Gasteiger partial charge is 0.247 e. The van der Waals surface area contributed by atoms with E-state index in [1.165, 1.54) is 10.7 Å². The first kappa shape index (κ1) is 18.3. The van der Waals surface area contributed by atoms with Crippen molar-refractivity contribution in [1.82, 2.24) is 4.41 Å². The average Bonchev–Trinajstić information content (AvgIpc) is 3.06. The Labute approximate surface area is 154 Å². The quantitative estimate of drug-likeness (QED) is 0.806. The zero-order chi connectivity index (χ0) is 18.9. The highest BCUT2D eigenvalue weighted by atomic mass is 32.2. The normalized spacial score (nSPS) is 17.2. The van der Waals surface area contributed by atoms with E-state index in [2.05, 4.69) is 5.10 Å². The summed E-state index contributed by atoms with van der Waals surface area (Å²) in [6.45, 7) is 1.99. The highest BCUT2D eigenvalue weighted by Crippen LogP contribution is 2.40. The van der Waals surface area contributed by atoms with E-state index in [1.54, 1.807) is 26.4 Å². The molecular weight excluding hydrogens is 352 g/mol. The fourth-order valence-corrected chi connectivity index (χ4v) is 4.08. The predicted molar refractivity (Wildman–Crippen MR) is 101 cm³/mol. The van der Waals surface area contributed by atoms with Crippen molar-refractivity contribution in [3.05, 3.63) is 59.2 Å². The maximum Gasteiger partial charge on any atom is 0.247 e. The fourth-order valence-electron chi connectivity index (χ4n) is 3.18. The molecule has 0 aliphatic carbocycles. The summed E-state index contributed by atoms with van der Waals surface area (Å²) in [5.74, 6) is 1.22. The van der Waals surface area contributed by atoms with Crippen LogP contribution in [0.2, 0.25) is 0 Å². The van der Waals surface area contributed by atoms with Crippen molar-refractivity contribution in [2.24, 2.45) is 5.10 Å². The summed E-state index contributed by atoms with van der Waals surface area (Å²) in [7, 11) is -0.403. The molecule has 26 heavy (non-hydrogen) atoms. The van der Waals surface area contributed by atoms with Crippen LogP contribution in [0.1, 0.15) is 29.2 Å². The molecule has 138 valence electrons. The number of sulfonamides is 1. The lowest BCUT2D eigenvalue weighted by Gasteiger charge is -2.23. The third-order valence-corrected chi connectivity index (χ3v) is 5.48. The summed E-state index contributed by atoms with van der Waals surface area (Å²) in [5.41, 5.74) is 3.51. The van der Waals surface area contributed by atoms with E-state index in [4.69, 9.17) is 9.47 Å². The molecule has 1 aliphatic heterocycles. The van der Waals surface area contributed by atoms with Crippen LogP contribution in [0.15, 0.2) is 47.6 Å². The van der Waals surface area contributed by atoms with Gasteiger partial charge in [-0.1, -0.05) is 24.3 Å². The van der Waals surface area contributed by atoms with Crippen molar-refractivity contribution in [2.75, 3.05) is 20.5 Å². The molecule has 0 amide bonds. The Morgan fingerprint density at radius 3 is 2.46 bits per heavy atom. The van der Waals surface area contributed by atoms with E-state index in [-0.39, 0.29) is 0 Å². The monoisotopic (exact) mass is 374 g/mol. The third-order valence-electron chi connectivity index (χ3n) is 4.47. The number of hydrazone groups is 1. The van der Waals surface area contributed by atoms with E-state index < -0.39 is 16.1 Å². The van der Waals surface area contributed by atoms with Crippen molar-refractivity contribution < 1.29 is 17.9 Å². The van der Waals surface area contributed by atoms with Gasteiger partial charge in [0.15, 0.2) is 0 Å². The Hall–Kier alpha value is -2.54. The Kier molecular flexibility index (Phi) is 4.91. The molecule has 0 aromatic heterocycles. The molecule has 3 rings (SSSR count). The summed E-state index contributed by atoms with van der Waals surface area (Å²) in [4.78, 5) is 0. The van der Waals surface area contributed by atoms with Gasteiger partial charge in [-0.3, -0.25) is 0 Å². The summed E-state index contributed by atoms with van der Waals surface area (Å²) >= 11 is 0. The maximum absolute atomic E-state index is 12.4. The topological polar surface area (TPSA) is 68.2 Å². The van der Waals surface area contributed by atoms with Crippen molar-refractivity contribution in [3.63, 3.8) is 0 Å². The number of hydrogen-bond acceptors (Lipinski definition) is 5. The van der Waals surface area contributed by atoms with Crippen LogP contribution < -0.4 is 9.47 Å². The van der Waals surface area contributed by atoms with Gasteiger partial charge in [0.25, 0.3) is 0 Å². The summed E-state index contributed by atoms with van der Waals surface area (Å²) in [6, 6.07) is 12.7. The number of rotatable bonds is 5. The lowest BCUT2D eigenvalue weighted by Crippen LogP contribution is -2.26. The van der Waals surface area contributed by atoms with Crippen molar-refractivity contribution in [1.29, 1.82) is 0 Å². The molecule has 2 aromatic rings. The minimum absolute atomic E-state index is 0.458. The van der Waals surface area contributed by atoms with Gasteiger partial charge < -0.3 is 9.47 Å². The Balaban J connectivity index is 2.07. The van der Waals surface area contributed by atoms with Gasteiger partial charge in [-0.25, -0.2) is 8.42 Å². The molecule has 1 aliphatic rings. The van der Waals surface area contributed by atoms with Gasteiger partial charge in [0, 0.05) is 23.6 Å². The highest BCUT2D eigenvalue weighted by molar-refractivity contribution is 7.88. The van der Waals surface area contributed by atoms with Crippen LogP contribution in [0.4, 0.5) is 0 Å². The van der Waals surface area contributed by atoms with Gasteiger partial charge in [-0.05, 0) is 24.6 Å². The number of methoxy groups -OCH3 is 2. The van der Waals surface area contributed by atoms with Crippen LogP contribution in [-0.2, 0) is 10.0 Å². The van der Waals surface area contributed by atoms with E-state index in [0.717, 1.165) is 22.4 Å². The van der Waals surface area contributed by atoms with Crippen molar-refractivity contribution in [2.45, 2.75) is 19.4 Å². The molecule has 0 N–H and O–H groups in total. The molecule has 0 saturated carbocycles. The highest BCUT2D eigenvalue weighted by Gasteiger charge is 2.36. The van der Waals surface area contributed by atoms with Crippen LogP contribution in [0.5, 0.6) is 11.5 Å². The predicted octanol–water partition coefficient (Wildman–Crippen LogP) is 3.12. The largest absolute Gasteiger partial charge is 0.497 e. The lowest BCUT2D eigenvalue weighted by atomic mass is 9.96. The standard InChI is InChI=1S/C19H22N2O4S/c1-13-7-5-6-8-15(13)17-12-18(21(20-17)26(4,22)23)16-10-9-14(24-2)11-19(16)25-3/h5-11,18H,12H2,1-4H3/t18-/m1/s1. The van der Waals surface area contributed by atoms with Gasteiger partial charge in [-0.15, -0.1) is 0 Å². The molecule has 0 radical (unpaired) electrons. The molecule has 6 nitrogen and oxygen atoms in total. The van der Waals surface area contributed by atoms with Crippen LogP contribution in [0.3, 0.4) is 0 Å². The first-order valence-corrected chi connectivity index (χ1v) is 10.0. The number of nitrogens with zero attached hydrogens (tertiary/aromatic N) is 2. The zero-order valence-electron chi connectivity index (χ0n) is 15.3. The molecule has 0 fully saturated rings. The molecule has 1 atom stereocenters. The Morgan fingerprint density at radius 2 is 1.85 bits per heavy atom. The molecule has 2 aromatic carbocycles. The minimum Gasteiger partial charge on any atom is -0.497 e. The summed E-state index contributed by atoms with van der Waals surface area (Å²) in [6.07, 6.45) is 1.64. The zero-order valence-corrected chi connectivity index (χ0v) is 16.1. The Bertz CT molecular complexity index is 954. The molecule has 0 saturated heterocycles. The Morgan fingerprint density at radius 1 is 1.12 bits per heavy atom. The second-order valence-electron chi connectivity index (χ2n) is 6.22. The van der Waals surface area contributed by atoms with Crippen molar-refractivity contribution >= 4 is 15.7 Å². The van der Waals surface area contributed by atoms with Crippen molar-refractivity contribution in [3.8, 4) is 11.5 Å². The summed E-state index contributed by atoms with van der Waals surface area (Å²) in [5, 5.41) is 4.44. The first-order valence-electron chi connectivity index (χ1n) is 8.20. The minimum atomic E-state index is -3.54. The van der Waals surface area contributed by atoms with E-state index in [9.17, 15) is 8.42 Å². The fraction of sp³-hybridized carbons (Fsp3) is 0.316. The van der Waals surface area contributed by atoms with Gasteiger partial charge in [0.05, 0.1) is 32.2 Å². The molecule has 7 heteroatoms. The van der Waals surface area contributed by atoms with Gasteiger partial charge in [0.2, 0.25) is 10.0 Å². The van der Waals surface area contributed by atoms with E-state index >= 15 is 0 Å². The van der Waals surface area contributed by atoms with Crippen LogP contribution >= 0.6 is 0 Å². The van der Waals surface area contributed by atoms with E-state index in [1.807, 2.05) is 37.3 Å². The SMILES string of the molecule is COc1ccc([C@H]2CC(c3ccccc3C)=NN2S(C)(=O)=O)c(OC)c1. The first-order chi connectivity index (χ1) is 12.3. The maximum atomic E-state index is 12.4. The van der Waals surface area contributed by atoms with Gasteiger partial charge >= 0.3 is 0 Å². The molecule has 0 spiro atoms. The molecule has 0 unspecified atom stereocenters. The number of ether oxygens (including phenoxy) is 2. The molecule has 1 heterocycles. The molecule has 0 bridgehead atoms. The lowest BCUT2D eigenvalue weighted by molar-refractivity contribution is 0.348. The van der Waals surface area contributed by atoms with E-state index in [0.29, 0.717) is 17.9 Å². The average molecular weight is 374 g/mol. The van der Waals surface area contributed by atoms with Crippen LogP contribution in [0, 0.1) is 6.92 Å². The molecular formula is C19H22N2O4S. The number of hydrogen-bond donors (Lipinski definition) is 0. The second-order valence-corrected chi connectivity index (χ2v) is 8.07. The second kappa shape index (κ2) is 6.99. The van der Waals surface area contributed by atoms with Gasteiger partial charge in [-0.2, -0.15) is 9.52 Å². The summed E-state index contributed by atoms with van der Waals surface area (Å²) < 4.78 is 36.6. The third kappa shape index (κ3) is 3.39. The number of aryl methyl sites for hydroxylation is 1. The van der Waals surface area contributed by atoms with Gasteiger partial charge in [0.1, 0.15) is 11.5 Å². The number of benzene rings is 2. The van der Waals surface area contributed by atoms with Crippen LogP contribution in [-0.4, -0.2) is 39.0 Å².